The van der Waals surface area contributed by atoms with Gasteiger partial charge in [-0.3, -0.25) is 0 Å². The molecule has 0 unspecified atom stereocenters. The van der Waals surface area contributed by atoms with E-state index in [0.717, 1.165) is 0 Å². The zero-order valence-corrected chi connectivity index (χ0v) is 6.22. The molecule has 0 spiro atoms. The third-order valence-corrected chi connectivity index (χ3v) is 2.86. The van der Waals surface area contributed by atoms with Crippen molar-refractivity contribution >= 4 is 6.03 Å². The monoisotopic (exact) mass is 140 g/mol. The van der Waals surface area contributed by atoms with Gasteiger partial charge in [0.1, 0.15) is 0 Å². The summed E-state index contributed by atoms with van der Waals surface area (Å²) in [5.74, 6) is 1.24. The molecule has 0 aromatic carbocycles. The third kappa shape index (κ3) is 0.528. The van der Waals surface area contributed by atoms with Crippen LogP contribution in [0.2, 0.25) is 0 Å². The maximum absolute atomic E-state index is 10.8. The molecule has 0 atom stereocenters. The molecule has 0 aromatic heterocycles. The smallest absolute Gasteiger partial charge is 0.315 e. The van der Waals surface area contributed by atoms with Crippen LogP contribution in [-0.4, -0.2) is 18.1 Å². The molecule has 3 aliphatic rings. The van der Waals surface area contributed by atoms with Gasteiger partial charge >= 0.3 is 6.03 Å². The molecule has 3 heteroatoms. The van der Waals surface area contributed by atoms with E-state index in [1.807, 2.05) is 0 Å². The molecule has 56 valence electrons. The van der Waals surface area contributed by atoms with E-state index in [1.165, 1.54) is 0 Å². The Morgan fingerprint density at radius 2 is 1.50 bits per heavy atom. The second-order valence-electron chi connectivity index (χ2n) is 3.39. The number of carbonyl (C=O) groups is 1. The van der Waals surface area contributed by atoms with Crippen molar-refractivity contribution in [2.24, 2.45) is 11.8 Å². The second-order valence-corrected chi connectivity index (χ2v) is 3.39. The third-order valence-electron chi connectivity index (χ3n) is 2.86. The van der Waals surface area contributed by atoms with Crippen molar-refractivity contribution < 1.29 is 4.79 Å². The van der Waals surface area contributed by atoms with Crippen molar-refractivity contribution in [2.45, 2.75) is 25.9 Å². The molecule has 0 radical (unpaired) electrons. The first kappa shape index (κ1) is 6.01. The zero-order chi connectivity index (χ0) is 7.30. The molecule has 2 bridgehead atoms. The molecule has 1 aliphatic carbocycles. The fourth-order valence-electron chi connectivity index (χ4n) is 2.13. The number of rotatable bonds is 0. The average molecular weight is 140 g/mol. The van der Waals surface area contributed by atoms with Crippen LogP contribution < -0.4 is 10.6 Å². The number of hydrogen-bond acceptors (Lipinski definition) is 1. The molecule has 0 aromatic rings. The Hall–Kier alpha value is -0.730. The van der Waals surface area contributed by atoms with Crippen LogP contribution >= 0.6 is 0 Å². The first-order chi connectivity index (χ1) is 4.70. The molecule has 2 aliphatic heterocycles. The fourth-order valence-corrected chi connectivity index (χ4v) is 2.13. The van der Waals surface area contributed by atoms with Gasteiger partial charge in [0.15, 0.2) is 0 Å². The van der Waals surface area contributed by atoms with E-state index in [0.29, 0.717) is 23.9 Å². The summed E-state index contributed by atoms with van der Waals surface area (Å²) in [7, 11) is 0. The van der Waals surface area contributed by atoms with Gasteiger partial charge in [0.25, 0.3) is 0 Å². The van der Waals surface area contributed by atoms with Crippen molar-refractivity contribution in [3.8, 4) is 0 Å². The number of amides is 2. The number of nitrogens with one attached hydrogen (secondary N) is 2. The van der Waals surface area contributed by atoms with E-state index in [1.54, 1.807) is 0 Å². The Bertz CT molecular complexity index is 154. The molecule has 3 fully saturated rings. The topological polar surface area (TPSA) is 41.1 Å². The maximum Gasteiger partial charge on any atom is 0.315 e. The van der Waals surface area contributed by atoms with Crippen molar-refractivity contribution in [3.05, 3.63) is 0 Å². The van der Waals surface area contributed by atoms with Gasteiger partial charge in [0.2, 0.25) is 0 Å². The van der Waals surface area contributed by atoms with Crippen molar-refractivity contribution in [2.75, 3.05) is 0 Å². The molecule has 2 heterocycles. The summed E-state index contributed by atoms with van der Waals surface area (Å²) < 4.78 is 0. The second kappa shape index (κ2) is 1.65. The van der Waals surface area contributed by atoms with Gasteiger partial charge in [-0.15, -0.1) is 0 Å². The van der Waals surface area contributed by atoms with Gasteiger partial charge < -0.3 is 10.6 Å². The average Bonchev–Trinajstić information content (AvgIpc) is 1.94. The van der Waals surface area contributed by atoms with Crippen molar-refractivity contribution in [3.63, 3.8) is 0 Å². The molecule has 3 rings (SSSR count). The highest BCUT2D eigenvalue weighted by Crippen LogP contribution is 2.36. The standard InChI is InChI=1S/C7H12N2O/c1-3-5-4(2)6(3)9-7(10)8-5/h3-6H,1-2H3,(H2,8,9,10). The largest absolute Gasteiger partial charge is 0.335 e. The van der Waals surface area contributed by atoms with Gasteiger partial charge in [-0.25, -0.2) is 4.79 Å². The molecule has 10 heavy (non-hydrogen) atoms. The summed E-state index contributed by atoms with van der Waals surface area (Å²) in [6, 6.07) is 0.865. The molecule has 3 nitrogen and oxygen atoms in total. The van der Waals surface area contributed by atoms with Crippen molar-refractivity contribution in [1.82, 2.24) is 10.6 Å². The lowest BCUT2D eigenvalue weighted by atomic mass is 9.66. The number of hydrogen-bond donors (Lipinski definition) is 2. The van der Waals surface area contributed by atoms with Crippen LogP contribution in [0, 0.1) is 11.8 Å². The maximum atomic E-state index is 10.8. The molecular weight excluding hydrogens is 128 g/mol. The summed E-state index contributed by atoms with van der Waals surface area (Å²) in [4.78, 5) is 10.8. The molecule has 1 saturated carbocycles. The summed E-state index contributed by atoms with van der Waals surface area (Å²) in [6.45, 7) is 4.34. The van der Waals surface area contributed by atoms with Gasteiger partial charge in [0, 0.05) is 12.1 Å². The van der Waals surface area contributed by atoms with Crippen LogP contribution in [0.1, 0.15) is 13.8 Å². The van der Waals surface area contributed by atoms with Crippen LogP contribution in [-0.2, 0) is 0 Å². The zero-order valence-electron chi connectivity index (χ0n) is 6.22. The highest BCUT2D eigenvalue weighted by atomic mass is 16.2. The van der Waals surface area contributed by atoms with Crippen LogP contribution in [0.3, 0.4) is 0 Å². The van der Waals surface area contributed by atoms with Crippen LogP contribution in [0.5, 0.6) is 0 Å². The minimum Gasteiger partial charge on any atom is -0.335 e. The summed E-state index contributed by atoms with van der Waals surface area (Å²) in [5.41, 5.74) is 0. The summed E-state index contributed by atoms with van der Waals surface area (Å²) in [5, 5.41) is 5.79. The number of carbonyl (C=O) groups excluding carboxylic acids is 1. The van der Waals surface area contributed by atoms with Gasteiger partial charge in [0.05, 0.1) is 0 Å². The normalized spacial score (nSPS) is 50.8. The molecule has 2 N–H and O–H groups in total. The molecular formula is C7H12N2O. The minimum absolute atomic E-state index is 0.00574. The van der Waals surface area contributed by atoms with E-state index in [2.05, 4.69) is 24.5 Å². The first-order valence-electron chi connectivity index (χ1n) is 3.77. The lowest BCUT2D eigenvalue weighted by Crippen LogP contribution is -2.74. The Morgan fingerprint density at radius 3 is 1.80 bits per heavy atom. The molecule has 2 amide bonds. The highest BCUT2D eigenvalue weighted by Gasteiger charge is 2.50. The Balaban J connectivity index is 2.13. The Morgan fingerprint density at radius 1 is 1.10 bits per heavy atom. The van der Waals surface area contributed by atoms with E-state index < -0.39 is 0 Å². The lowest BCUT2D eigenvalue weighted by molar-refractivity contribution is 0.0549. The Kier molecular flexibility index (Phi) is 0.993. The predicted molar refractivity (Wildman–Crippen MR) is 37.6 cm³/mol. The van der Waals surface area contributed by atoms with E-state index >= 15 is 0 Å². The number of fused-ring (bicyclic) bond motifs is 2. The van der Waals surface area contributed by atoms with Crippen molar-refractivity contribution in [1.29, 1.82) is 0 Å². The van der Waals surface area contributed by atoms with Gasteiger partial charge in [-0.05, 0) is 11.8 Å². The van der Waals surface area contributed by atoms with Gasteiger partial charge in [-0.1, -0.05) is 13.8 Å². The van der Waals surface area contributed by atoms with E-state index in [-0.39, 0.29) is 6.03 Å². The summed E-state index contributed by atoms with van der Waals surface area (Å²) >= 11 is 0. The molecule has 2 saturated heterocycles. The van der Waals surface area contributed by atoms with E-state index in [4.69, 9.17) is 0 Å². The predicted octanol–water partition coefficient (Wildman–Crippen LogP) is 0.322. The quantitative estimate of drug-likeness (QED) is 0.500. The first-order valence-corrected chi connectivity index (χ1v) is 3.77. The van der Waals surface area contributed by atoms with Gasteiger partial charge in [-0.2, -0.15) is 0 Å². The fraction of sp³-hybridized carbons (Fsp3) is 0.857. The SMILES string of the molecule is CC1C2NC(=O)NC1C2C. The van der Waals surface area contributed by atoms with Crippen LogP contribution in [0.15, 0.2) is 0 Å². The number of urea groups is 1. The summed E-state index contributed by atoms with van der Waals surface area (Å²) in [6.07, 6.45) is 0. The highest BCUT2D eigenvalue weighted by molar-refractivity contribution is 5.77. The lowest BCUT2D eigenvalue weighted by Gasteiger charge is -2.53. The van der Waals surface area contributed by atoms with Crippen LogP contribution in [0.4, 0.5) is 4.79 Å². The van der Waals surface area contributed by atoms with Crippen LogP contribution in [0.25, 0.3) is 0 Å². The van der Waals surface area contributed by atoms with E-state index in [9.17, 15) is 4.79 Å². The minimum atomic E-state index is 0.00574. The Labute approximate surface area is 60.2 Å².